The van der Waals surface area contributed by atoms with Gasteiger partial charge < -0.3 is 34.9 Å². The molecule has 250 valence electrons. The first kappa shape index (κ1) is 34.8. The molecule has 46 heavy (non-hydrogen) atoms. The Morgan fingerprint density at radius 2 is 1.91 bits per heavy atom. The number of aromatic nitrogens is 1. The fraction of sp³-hybridized carbons (Fsp3) is 0.545. The number of carboxylic acids is 1. The average Bonchev–Trinajstić information content (AvgIpc) is 3.50. The maximum atomic E-state index is 14.3. The molecule has 0 radical (unpaired) electrons. The van der Waals surface area contributed by atoms with E-state index in [1.807, 2.05) is 6.92 Å². The van der Waals surface area contributed by atoms with Crippen LogP contribution < -0.4 is 20.1 Å². The van der Waals surface area contributed by atoms with Crippen LogP contribution in [0, 0.1) is 11.3 Å². The molecule has 0 bridgehead atoms. The van der Waals surface area contributed by atoms with E-state index in [1.165, 1.54) is 11.0 Å². The van der Waals surface area contributed by atoms with Crippen molar-refractivity contribution < 1.29 is 38.5 Å². The van der Waals surface area contributed by atoms with Crippen molar-refractivity contribution >= 4 is 46.4 Å². The quantitative estimate of drug-likeness (QED) is 0.307. The Morgan fingerprint density at radius 1 is 1.22 bits per heavy atom. The van der Waals surface area contributed by atoms with Crippen molar-refractivity contribution in [3.63, 3.8) is 0 Å². The number of hydrogen-bond donors (Lipinski definition) is 3. The molecule has 1 aromatic carbocycles. The summed E-state index contributed by atoms with van der Waals surface area (Å²) >= 11 is 6.44. The molecular formula is C33H43ClN4O8. The minimum atomic E-state index is -1.50. The van der Waals surface area contributed by atoms with Crippen molar-refractivity contribution in [2.24, 2.45) is 11.3 Å². The van der Waals surface area contributed by atoms with Crippen LogP contribution in [0.3, 0.4) is 0 Å². The van der Waals surface area contributed by atoms with Crippen molar-refractivity contribution in [2.75, 3.05) is 13.2 Å². The van der Waals surface area contributed by atoms with Crippen LogP contribution in [0.15, 0.2) is 36.9 Å². The zero-order chi connectivity index (χ0) is 34.2. The van der Waals surface area contributed by atoms with Gasteiger partial charge in [-0.3, -0.25) is 9.59 Å². The summed E-state index contributed by atoms with van der Waals surface area (Å²) in [7, 11) is 0. The highest BCUT2D eigenvalue weighted by atomic mass is 35.5. The number of aliphatic carboxylic acids is 1. The lowest BCUT2D eigenvalue weighted by molar-refractivity contribution is -0.146. The van der Waals surface area contributed by atoms with E-state index in [0.717, 1.165) is 0 Å². The standard InChI is InChI=1S/C33H43ClN4O8/c1-9-18-16-33(18,29(41)42)37-27(39)22-14-19(45-23-15-24(44-10-2)35-25-20(23)12-11-13-21(25)34)17-38(22)28(40)26(31(3,4)5)36-30(43)46-32(6,7)8/h9,11-13,15,18-19,22,26H,1,10,14,16-17H2,2-8H3,(H,36,43)(H,37,39)(H,41,42). The molecule has 3 amide bonds. The van der Waals surface area contributed by atoms with Gasteiger partial charge in [-0.25, -0.2) is 14.6 Å². The molecule has 0 spiro atoms. The number of halogens is 1. The normalized spacial score (nSPS) is 23.3. The molecule has 1 aromatic heterocycles. The van der Waals surface area contributed by atoms with Gasteiger partial charge in [-0.05, 0) is 51.7 Å². The summed E-state index contributed by atoms with van der Waals surface area (Å²) in [6, 6.07) is 4.69. The number of para-hydroxylation sites is 1. The average molecular weight is 659 g/mol. The Kier molecular flexibility index (Phi) is 9.82. The second kappa shape index (κ2) is 13.0. The van der Waals surface area contributed by atoms with E-state index in [-0.39, 0.29) is 19.4 Å². The number of carbonyl (C=O) groups excluding carboxylic acids is 3. The first-order valence-electron chi connectivity index (χ1n) is 15.3. The van der Waals surface area contributed by atoms with Gasteiger partial charge in [0, 0.05) is 23.8 Å². The maximum absolute atomic E-state index is 14.3. The molecule has 2 heterocycles. The summed E-state index contributed by atoms with van der Waals surface area (Å²) in [6.45, 7) is 16.3. The molecule has 4 rings (SSSR count). The molecule has 2 aliphatic rings. The van der Waals surface area contributed by atoms with Crippen LogP contribution in [0.25, 0.3) is 10.9 Å². The Balaban J connectivity index is 1.69. The maximum Gasteiger partial charge on any atom is 0.408 e. The van der Waals surface area contributed by atoms with Crippen molar-refractivity contribution in [2.45, 2.75) is 90.6 Å². The summed E-state index contributed by atoms with van der Waals surface area (Å²) in [6.07, 6.45) is 0.245. The van der Waals surface area contributed by atoms with Crippen LogP contribution in [-0.4, -0.2) is 81.3 Å². The van der Waals surface area contributed by atoms with Crippen molar-refractivity contribution in [3.8, 4) is 11.6 Å². The number of benzene rings is 1. The Labute approximate surface area is 273 Å². The number of amides is 3. The lowest BCUT2D eigenvalue weighted by atomic mass is 9.85. The summed E-state index contributed by atoms with van der Waals surface area (Å²) in [5, 5.41) is 16.3. The van der Waals surface area contributed by atoms with Crippen LogP contribution in [0.1, 0.15) is 61.3 Å². The van der Waals surface area contributed by atoms with Crippen LogP contribution in [-0.2, 0) is 19.1 Å². The fourth-order valence-corrected chi connectivity index (χ4v) is 5.81. The first-order valence-corrected chi connectivity index (χ1v) is 15.6. The third-order valence-electron chi connectivity index (χ3n) is 7.96. The summed E-state index contributed by atoms with van der Waals surface area (Å²) in [5.74, 6) is -2.13. The second-order valence-electron chi connectivity index (χ2n) is 13.8. The van der Waals surface area contributed by atoms with Crippen molar-refractivity contribution in [3.05, 3.63) is 41.9 Å². The molecular weight excluding hydrogens is 616 g/mol. The molecule has 3 N–H and O–H groups in total. The highest BCUT2D eigenvalue weighted by Crippen LogP contribution is 2.45. The lowest BCUT2D eigenvalue weighted by Crippen LogP contribution is -2.59. The van der Waals surface area contributed by atoms with E-state index < -0.39 is 64.5 Å². The second-order valence-corrected chi connectivity index (χ2v) is 14.2. The van der Waals surface area contributed by atoms with E-state index >= 15 is 0 Å². The van der Waals surface area contributed by atoms with Gasteiger partial charge in [-0.2, -0.15) is 0 Å². The minimum Gasteiger partial charge on any atom is -0.488 e. The lowest BCUT2D eigenvalue weighted by Gasteiger charge is -2.35. The van der Waals surface area contributed by atoms with Gasteiger partial charge in [-0.1, -0.05) is 44.5 Å². The predicted molar refractivity (Wildman–Crippen MR) is 172 cm³/mol. The number of hydrogen-bond acceptors (Lipinski definition) is 8. The fourth-order valence-electron chi connectivity index (χ4n) is 5.59. The number of carboxylic acid groups (broad SMARTS) is 1. The Bertz CT molecular complexity index is 1530. The van der Waals surface area contributed by atoms with E-state index in [1.54, 1.807) is 65.8 Å². The largest absolute Gasteiger partial charge is 0.488 e. The topological polar surface area (TPSA) is 156 Å². The van der Waals surface area contributed by atoms with Gasteiger partial charge in [0.15, 0.2) is 0 Å². The number of likely N-dealkylation sites (tertiary alicyclic amines) is 1. The number of nitrogens with zero attached hydrogens (tertiary/aromatic N) is 2. The molecule has 2 aromatic rings. The van der Waals surface area contributed by atoms with Gasteiger partial charge >= 0.3 is 12.1 Å². The molecule has 5 unspecified atom stereocenters. The van der Waals surface area contributed by atoms with Crippen molar-refractivity contribution in [1.82, 2.24) is 20.5 Å². The highest BCUT2D eigenvalue weighted by Gasteiger charge is 2.61. The predicted octanol–water partition coefficient (Wildman–Crippen LogP) is 4.72. The molecule has 5 atom stereocenters. The van der Waals surface area contributed by atoms with Crippen LogP contribution in [0.5, 0.6) is 11.6 Å². The van der Waals surface area contributed by atoms with Crippen LogP contribution in [0.2, 0.25) is 5.02 Å². The minimum absolute atomic E-state index is 0.0290. The smallest absolute Gasteiger partial charge is 0.408 e. The summed E-state index contributed by atoms with van der Waals surface area (Å²) in [4.78, 5) is 58.9. The van der Waals surface area contributed by atoms with Gasteiger partial charge in [0.25, 0.3) is 0 Å². The zero-order valence-corrected chi connectivity index (χ0v) is 28.1. The number of nitrogens with one attached hydrogen (secondary N) is 2. The molecule has 2 fully saturated rings. The third kappa shape index (κ3) is 7.49. The number of fused-ring (bicyclic) bond motifs is 1. The number of rotatable bonds is 10. The van der Waals surface area contributed by atoms with E-state index in [2.05, 4.69) is 22.2 Å². The number of ether oxygens (including phenoxy) is 3. The SMILES string of the molecule is C=CC1CC1(NC(=O)C1CC(Oc2cc(OCC)nc3c(Cl)cccc23)CN1C(=O)C(NC(=O)OC(C)(C)C)C(C)(C)C)C(=O)O. The van der Waals surface area contributed by atoms with Gasteiger partial charge in [0.1, 0.15) is 35.1 Å². The van der Waals surface area contributed by atoms with Gasteiger partial charge in [0.05, 0.1) is 23.7 Å². The zero-order valence-electron chi connectivity index (χ0n) is 27.3. The number of carbonyl (C=O) groups is 4. The summed E-state index contributed by atoms with van der Waals surface area (Å²) in [5.41, 5.74) is -2.63. The van der Waals surface area contributed by atoms with Crippen molar-refractivity contribution in [1.29, 1.82) is 0 Å². The Morgan fingerprint density at radius 3 is 2.48 bits per heavy atom. The van der Waals surface area contributed by atoms with Gasteiger partial charge in [0.2, 0.25) is 17.7 Å². The molecule has 1 aliphatic carbocycles. The molecule has 1 saturated heterocycles. The third-order valence-corrected chi connectivity index (χ3v) is 8.27. The highest BCUT2D eigenvalue weighted by molar-refractivity contribution is 6.35. The molecule has 13 heteroatoms. The molecule has 1 saturated carbocycles. The Hall–Kier alpha value is -4.06. The van der Waals surface area contributed by atoms with Crippen LogP contribution >= 0.6 is 11.6 Å². The first-order chi connectivity index (χ1) is 21.4. The van der Waals surface area contributed by atoms with Gasteiger partial charge in [-0.15, -0.1) is 6.58 Å². The molecule has 12 nitrogen and oxygen atoms in total. The van der Waals surface area contributed by atoms with Crippen LogP contribution in [0.4, 0.5) is 4.79 Å². The van der Waals surface area contributed by atoms with E-state index in [0.29, 0.717) is 34.2 Å². The number of pyridine rings is 1. The monoisotopic (exact) mass is 658 g/mol. The molecule has 1 aliphatic heterocycles. The van der Waals surface area contributed by atoms with E-state index in [4.69, 9.17) is 25.8 Å². The number of alkyl carbamates (subject to hydrolysis) is 1. The van der Waals surface area contributed by atoms with E-state index in [9.17, 15) is 24.3 Å². The summed E-state index contributed by atoms with van der Waals surface area (Å²) < 4.78 is 17.5.